The molecule has 2 aliphatic carbocycles. The first-order chi connectivity index (χ1) is 19.7. The Bertz CT molecular complexity index is 1780. The number of dihydropyridines is 1. The SMILES string of the molecule is CC1C=Cc2ccc3c4c(ccc3c2C1)C(C1N=CC(OCc2ccccc2)=C2C1=Nc1ccccc12)CCC4. The molecule has 0 radical (unpaired) electrons. The third-order valence-electron chi connectivity index (χ3n) is 9.14. The van der Waals surface area contributed by atoms with E-state index in [1.807, 2.05) is 12.3 Å². The zero-order chi connectivity index (χ0) is 26.6. The summed E-state index contributed by atoms with van der Waals surface area (Å²) in [5, 5.41) is 2.87. The number of aryl methyl sites for hydroxylation is 1. The van der Waals surface area contributed by atoms with E-state index in [1.165, 1.54) is 39.4 Å². The van der Waals surface area contributed by atoms with E-state index in [9.17, 15) is 0 Å². The van der Waals surface area contributed by atoms with Gasteiger partial charge in [0.25, 0.3) is 0 Å². The van der Waals surface area contributed by atoms with Crippen molar-refractivity contribution < 1.29 is 4.74 Å². The fourth-order valence-electron chi connectivity index (χ4n) is 7.22. The average molecular weight is 521 g/mol. The second-order valence-electron chi connectivity index (χ2n) is 11.7. The molecular formula is C37H32N2O. The smallest absolute Gasteiger partial charge is 0.147 e. The molecule has 0 saturated heterocycles. The van der Waals surface area contributed by atoms with Gasteiger partial charge in [0.15, 0.2) is 0 Å². The molecule has 0 amide bonds. The van der Waals surface area contributed by atoms with Gasteiger partial charge < -0.3 is 4.74 Å². The molecule has 2 aliphatic heterocycles. The predicted molar refractivity (Wildman–Crippen MR) is 165 cm³/mol. The van der Waals surface area contributed by atoms with Crippen molar-refractivity contribution in [2.75, 3.05) is 0 Å². The lowest BCUT2D eigenvalue weighted by atomic mass is 9.73. The maximum absolute atomic E-state index is 6.41. The number of hydrogen-bond acceptors (Lipinski definition) is 3. The Morgan fingerprint density at radius 1 is 0.875 bits per heavy atom. The van der Waals surface area contributed by atoms with Crippen molar-refractivity contribution in [3.05, 3.63) is 124 Å². The number of rotatable bonds is 4. The van der Waals surface area contributed by atoms with E-state index in [4.69, 9.17) is 14.7 Å². The van der Waals surface area contributed by atoms with E-state index < -0.39 is 0 Å². The van der Waals surface area contributed by atoms with Crippen LogP contribution < -0.4 is 0 Å². The van der Waals surface area contributed by atoms with Crippen LogP contribution in [0.15, 0.2) is 101 Å². The topological polar surface area (TPSA) is 34.0 Å². The third kappa shape index (κ3) is 3.79. The maximum atomic E-state index is 6.41. The van der Waals surface area contributed by atoms with Crippen molar-refractivity contribution in [1.82, 2.24) is 0 Å². The average Bonchev–Trinajstić information content (AvgIpc) is 3.40. The predicted octanol–water partition coefficient (Wildman–Crippen LogP) is 8.63. The van der Waals surface area contributed by atoms with Crippen LogP contribution in [0.25, 0.3) is 22.4 Å². The van der Waals surface area contributed by atoms with Crippen molar-refractivity contribution in [3.8, 4) is 0 Å². The summed E-state index contributed by atoms with van der Waals surface area (Å²) in [5.41, 5.74) is 11.4. The van der Waals surface area contributed by atoms with Gasteiger partial charge in [-0.2, -0.15) is 0 Å². The Morgan fingerprint density at radius 2 is 1.70 bits per heavy atom. The van der Waals surface area contributed by atoms with Gasteiger partial charge in [-0.15, -0.1) is 0 Å². The maximum Gasteiger partial charge on any atom is 0.147 e. The molecule has 3 heteroatoms. The highest BCUT2D eigenvalue weighted by Gasteiger charge is 2.39. The molecular weight excluding hydrogens is 488 g/mol. The minimum absolute atomic E-state index is 0.0106. The van der Waals surface area contributed by atoms with E-state index >= 15 is 0 Å². The lowest BCUT2D eigenvalue weighted by Crippen LogP contribution is -2.32. The Balaban J connectivity index is 1.19. The van der Waals surface area contributed by atoms with Gasteiger partial charge in [-0.3, -0.25) is 4.99 Å². The highest BCUT2D eigenvalue weighted by molar-refractivity contribution is 6.35. The number of para-hydroxylation sites is 1. The molecule has 0 aromatic heterocycles. The number of benzene rings is 4. The summed E-state index contributed by atoms with van der Waals surface area (Å²) in [4.78, 5) is 10.4. The van der Waals surface area contributed by atoms with Crippen LogP contribution in [0.1, 0.15) is 59.1 Å². The van der Waals surface area contributed by atoms with E-state index in [0.717, 1.165) is 53.1 Å². The second-order valence-corrected chi connectivity index (χ2v) is 11.7. The normalized spacial score (nSPS) is 22.4. The highest BCUT2D eigenvalue weighted by atomic mass is 16.5. The van der Waals surface area contributed by atoms with Crippen molar-refractivity contribution in [2.24, 2.45) is 15.9 Å². The van der Waals surface area contributed by atoms with Crippen molar-refractivity contribution >= 4 is 40.0 Å². The van der Waals surface area contributed by atoms with Gasteiger partial charge in [0.05, 0.1) is 29.2 Å². The van der Waals surface area contributed by atoms with E-state index in [0.29, 0.717) is 18.4 Å². The van der Waals surface area contributed by atoms with E-state index in [1.54, 1.807) is 0 Å². The molecule has 4 aromatic carbocycles. The van der Waals surface area contributed by atoms with Crippen molar-refractivity contribution in [1.29, 1.82) is 0 Å². The van der Waals surface area contributed by atoms with Crippen LogP contribution in [0.5, 0.6) is 0 Å². The van der Waals surface area contributed by atoms with Gasteiger partial charge >= 0.3 is 0 Å². The number of ether oxygens (including phenoxy) is 1. The van der Waals surface area contributed by atoms with Crippen molar-refractivity contribution in [2.45, 2.75) is 51.2 Å². The number of nitrogens with zero attached hydrogens (tertiary/aromatic N) is 2. The molecule has 0 fully saturated rings. The molecule has 0 saturated carbocycles. The van der Waals surface area contributed by atoms with Crippen LogP contribution in [-0.4, -0.2) is 18.0 Å². The van der Waals surface area contributed by atoms with Gasteiger partial charge in [0.2, 0.25) is 0 Å². The summed E-state index contributed by atoms with van der Waals surface area (Å²) < 4.78 is 6.41. The minimum atomic E-state index is -0.0106. The molecule has 4 aromatic rings. The summed E-state index contributed by atoms with van der Waals surface area (Å²) in [6, 6.07) is 28.3. The van der Waals surface area contributed by atoms with E-state index in [-0.39, 0.29) is 6.04 Å². The van der Waals surface area contributed by atoms with Crippen LogP contribution in [0.3, 0.4) is 0 Å². The largest absolute Gasteiger partial charge is 0.487 e. The first-order valence-corrected chi connectivity index (χ1v) is 14.6. The van der Waals surface area contributed by atoms with Crippen LogP contribution in [0.4, 0.5) is 5.69 Å². The Hall–Kier alpha value is -4.24. The molecule has 0 bridgehead atoms. The summed E-state index contributed by atoms with van der Waals surface area (Å²) >= 11 is 0. The van der Waals surface area contributed by atoms with Crippen LogP contribution in [-0.2, 0) is 24.2 Å². The molecule has 2 heterocycles. The fraction of sp³-hybridized carbons (Fsp3) is 0.243. The first-order valence-electron chi connectivity index (χ1n) is 14.6. The van der Waals surface area contributed by atoms with Gasteiger partial charge in [-0.25, -0.2) is 4.99 Å². The van der Waals surface area contributed by atoms with Crippen molar-refractivity contribution in [3.63, 3.8) is 0 Å². The first kappa shape index (κ1) is 23.6. The Morgan fingerprint density at radius 3 is 2.62 bits per heavy atom. The quantitative estimate of drug-likeness (QED) is 0.265. The standard InChI is InChI=1S/C37H32N2O/c1-23-14-15-25-16-17-27-26-11-7-12-30(28(26)18-19-29(27)32(25)20-23)36-37-35(31-10-5-6-13-33(31)39-37)34(21-38-36)40-22-24-8-3-2-4-9-24/h2-6,8-10,13-19,21,23,30,36H,7,11-12,20,22H2,1H3. The number of aliphatic imine (C=N–C) groups is 2. The number of fused-ring (bicyclic) bond motifs is 8. The van der Waals surface area contributed by atoms with Gasteiger partial charge in [0.1, 0.15) is 12.4 Å². The van der Waals surface area contributed by atoms with Gasteiger partial charge in [-0.05, 0) is 76.3 Å². The Kier molecular flexibility index (Phi) is 5.58. The van der Waals surface area contributed by atoms with Gasteiger partial charge in [0, 0.05) is 11.5 Å². The molecule has 3 nitrogen and oxygen atoms in total. The molecule has 0 spiro atoms. The zero-order valence-corrected chi connectivity index (χ0v) is 22.8. The third-order valence-corrected chi connectivity index (χ3v) is 9.14. The van der Waals surface area contributed by atoms with Crippen LogP contribution >= 0.6 is 0 Å². The Labute approximate surface area is 235 Å². The molecule has 196 valence electrons. The summed E-state index contributed by atoms with van der Waals surface area (Å²) in [6.45, 7) is 2.83. The molecule has 3 unspecified atom stereocenters. The van der Waals surface area contributed by atoms with Gasteiger partial charge in [-0.1, -0.05) is 91.9 Å². The molecule has 4 aliphatic rings. The minimum Gasteiger partial charge on any atom is -0.487 e. The lowest BCUT2D eigenvalue weighted by Gasteiger charge is -2.33. The summed E-state index contributed by atoms with van der Waals surface area (Å²) in [5.74, 6) is 1.72. The molecule has 3 atom stereocenters. The second kappa shape index (κ2) is 9.45. The van der Waals surface area contributed by atoms with E-state index in [2.05, 4.69) is 91.9 Å². The van der Waals surface area contributed by atoms with Crippen LogP contribution in [0.2, 0.25) is 0 Å². The van der Waals surface area contributed by atoms with Crippen LogP contribution in [0, 0.1) is 5.92 Å². The lowest BCUT2D eigenvalue weighted by molar-refractivity contribution is 0.221. The number of hydrogen-bond donors (Lipinski definition) is 0. The molecule has 40 heavy (non-hydrogen) atoms. The monoisotopic (exact) mass is 520 g/mol. The molecule has 8 rings (SSSR count). The summed E-state index contributed by atoms with van der Waals surface area (Å²) in [6.07, 6.45) is 11.2. The number of allylic oxidation sites excluding steroid dienone is 2. The zero-order valence-electron chi connectivity index (χ0n) is 22.8. The fourth-order valence-corrected chi connectivity index (χ4v) is 7.22. The molecule has 0 N–H and O–H groups in total. The summed E-state index contributed by atoms with van der Waals surface area (Å²) in [7, 11) is 0. The highest BCUT2D eigenvalue weighted by Crippen LogP contribution is 2.46.